The number of ether oxygens (including phenoxy) is 1. The summed E-state index contributed by atoms with van der Waals surface area (Å²) in [5.41, 5.74) is 0.973. The van der Waals surface area contributed by atoms with Gasteiger partial charge in [-0.25, -0.2) is 4.98 Å². The number of hydrogen-bond donors (Lipinski definition) is 0. The number of nitrogens with zero attached hydrogens (tertiary/aromatic N) is 3. The lowest BCUT2D eigenvalue weighted by Crippen LogP contribution is -2.07. The topological polar surface area (TPSA) is 50.8 Å². The highest BCUT2D eigenvalue weighted by Crippen LogP contribution is 2.34. The second-order valence-corrected chi connectivity index (χ2v) is 6.43. The monoisotopic (exact) mass is 389 g/mol. The van der Waals surface area contributed by atoms with E-state index in [9.17, 15) is 13.2 Å². The lowest BCUT2D eigenvalue weighted by atomic mass is 10.1. The molecule has 0 radical (unpaired) electrons. The number of alkyl halides is 3. The molecular formula is C19H14F3N3OS. The molecular weight excluding hydrogens is 375 g/mol. The number of aromatic nitrogens is 2. The Morgan fingerprint density at radius 3 is 2.56 bits per heavy atom. The smallest absolute Gasteiger partial charge is 0.416 e. The van der Waals surface area contributed by atoms with Crippen molar-refractivity contribution < 1.29 is 17.9 Å². The van der Waals surface area contributed by atoms with Crippen molar-refractivity contribution in [3.8, 4) is 28.8 Å². The van der Waals surface area contributed by atoms with E-state index in [1.807, 2.05) is 6.07 Å². The maximum absolute atomic E-state index is 13.1. The second-order valence-electron chi connectivity index (χ2n) is 5.48. The van der Waals surface area contributed by atoms with E-state index in [-0.39, 0.29) is 5.75 Å². The molecule has 0 saturated carbocycles. The summed E-state index contributed by atoms with van der Waals surface area (Å²) in [4.78, 5) is 4.30. The molecule has 0 bridgehead atoms. The minimum atomic E-state index is -4.45. The van der Waals surface area contributed by atoms with E-state index < -0.39 is 11.7 Å². The lowest BCUT2D eigenvalue weighted by molar-refractivity contribution is -0.137. The van der Waals surface area contributed by atoms with Crippen LogP contribution in [0.25, 0.3) is 16.9 Å². The van der Waals surface area contributed by atoms with Gasteiger partial charge in [-0.1, -0.05) is 17.8 Å². The molecule has 0 aliphatic carbocycles. The van der Waals surface area contributed by atoms with Crippen LogP contribution in [-0.4, -0.2) is 22.4 Å². The normalized spacial score (nSPS) is 11.2. The maximum Gasteiger partial charge on any atom is 0.416 e. The molecule has 0 N–H and O–H groups in total. The molecule has 0 saturated heterocycles. The van der Waals surface area contributed by atoms with Crippen LogP contribution in [0.1, 0.15) is 5.56 Å². The first-order chi connectivity index (χ1) is 12.9. The Bertz CT molecular complexity index is 975. The maximum atomic E-state index is 13.1. The van der Waals surface area contributed by atoms with Crippen LogP contribution < -0.4 is 4.74 Å². The fourth-order valence-electron chi connectivity index (χ4n) is 2.57. The van der Waals surface area contributed by atoms with Gasteiger partial charge in [-0.15, -0.1) is 0 Å². The van der Waals surface area contributed by atoms with E-state index in [2.05, 4.69) is 4.98 Å². The lowest BCUT2D eigenvalue weighted by Gasteiger charge is -2.14. The molecule has 0 aliphatic heterocycles. The van der Waals surface area contributed by atoms with Gasteiger partial charge in [0.2, 0.25) is 0 Å². The van der Waals surface area contributed by atoms with Crippen molar-refractivity contribution in [3.63, 3.8) is 0 Å². The zero-order chi connectivity index (χ0) is 19.4. The number of benzene rings is 2. The summed E-state index contributed by atoms with van der Waals surface area (Å²) in [5, 5.41) is 9.30. The van der Waals surface area contributed by atoms with Crippen LogP contribution in [0, 0.1) is 11.3 Å². The Morgan fingerprint density at radius 1 is 1.19 bits per heavy atom. The summed E-state index contributed by atoms with van der Waals surface area (Å²) in [6.45, 7) is 0. The average molecular weight is 389 g/mol. The third kappa shape index (κ3) is 4.09. The Labute approximate surface area is 158 Å². The number of halogens is 3. The average Bonchev–Trinajstić information content (AvgIpc) is 3.09. The molecule has 8 heteroatoms. The molecule has 1 heterocycles. The van der Waals surface area contributed by atoms with Crippen molar-refractivity contribution >= 4 is 11.8 Å². The molecule has 138 valence electrons. The van der Waals surface area contributed by atoms with Crippen molar-refractivity contribution in [1.29, 1.82) is 5.26 Å². The Balaban J connectivity index is 2.14. The molecule has 0 atom stereocenters. The molecule has 0 unspecified atom stereocenters. The van der Waals surface area contributed by atoms with E-state index in [1.165, 1.54) is 6.07 Å². The summed E-state index contributed by atoms with van der Waals surface area (Å²) in [5.74, 6) is 0.806. The largest absolute Gasteiger partial charge is 0.497 e. The van der Waals surface area contributed by atoms with Gasteiger partial charge in [-0.2, -0.15) is 18.4 Å². The number of methoxy groups -OCH3 is 1. The predicted octanol–water partition coefficient (Wildman–Crippen LogP) is 5.18. The van der Waals surface area contributed by atoms with Crippen molar-refractivity contribution in [2.75, 3.05) is 12.9 Å². The summed E-state index contributed by atoms with van der Waals surface area (Å²) < 4.78 is 46.2. The molecule has 0 spiro atoms. The molecule has 27 heavy (non-hydrogen) atoms. The van der Waals surface area contributed by atoms with Gasteiger partial charge in [0.1, 0.15) is 5.75 Å². The first-order valence-corrected chi connectivity index (χ1v) is 8.82. The number of rotatable bonds is 5. The Kier molecular flexibility index (Phi) is 5.42. The first kappa shape index (κ1) is 18.9. The first-order valence-electron chi connectivity index (χ1n) is 7.83. The fourth-order valence-corrected chi connectivity index (χ4v) is 3.22. The fraction of sp³-hybridized carbons (Fsp3) is 0.158. The van der Waals surface area contributed by atoms with Crippen LogP contribution in [0.15, 0.2) is 59.9 Å². The summed E-state index contributed by atoms with van der Waals surface area (Å²) in [6.07, 6.45) is -2.86. The van der Waals surface area contributed by atoms with Crippen LogP contribution >= 0.6 is 11.8 Å². The Morgan fingerprint density at radius 2 is 1.93 bits per heavy atom. The van der Waals surface area contributed by atoms with Gasteiger partial charge in [0.25, 0.3) is 0 Å². The highest BCUT2D eigenvalue weighted by molar-refractivity contribution is 7.99. The molecule has 0 aliphatic rings. The zero-order valence-electron chi connectivity index (χ0n) is 14.2. The molecule has 3 aromatic rings. The van der Waals surface area contributed by atoms with Gasteiger partial charge in [-0.3, -0.25) is 4.57 Å². The highest BCUT2D eigenvalue weighted by atomic mass is 32.2. The third-order valence-electron chi connectivity index (χ3n) is 3.81. The van der Waals surface area contributed by atoms with Crippen LogP contribution in [0.2, 0.25) is 0 Å². The van der Waals surface area contributed by atoms with Crippen molar-refractivity contribution in [2.45, 2.75) is 11.3 Å². The molecule has 0 amide bonds. The van der Waals surface area contributed by atoms with Crippen LogP contribution in [0.5, 0.6) is 5.75 Å². The number of nitriles is 1. The zero-order valence-corrected chi connectivity index (χ0v) is 15.0. The van der Waals surface area contributed by atoms with Crippen LogP contribution in [-0.2, 0) is 6.18 Å². The molecule has 0 fully saturated rings. The molecule has 2 aromatic carbocycles. The number of hydrogen-bond acceptors (Lipinski definition) is 4. The highest BCUT2D eigenvalue weighted by Gasteiger charge is 2.31. The van der Waals surface area contributed by atoms with Crippen molar-refractivity contribution in [1.82, 2.24) is 9.55 Å². The predicted molar refractivity (Wildman–Crippen MR) is 96.9 cm³/mol. The van der Waals surface area contributed by atoms with Gasteiger partial charge >= 0.3 is 6.18 Å². The van der Waals surface area contributed by atoms with Crippen LogP contribution in [0.4, 0.5) is 13.2 Å². The Hall–Kier alpha value is -2.92. The minimum absolute atomic E-state index is 0.137. The van der Waals surface area contributed by atoms with Gasteiger partial charge in [0.15, 0.2) is 5.16 Å². The van der Waals surface area contributed by atoms with Gasteiger partial charge < -0.3 is 4.74 Å². The number of imidazole rings is 1. The standard InChI is InChI=1S/C19H14F3N3OS/c1-26-16-7-5-13(6-8-16)17-12-24-18(27-10-9-23)25(17)15-4-2-3-14(11-15)19(20,21)22/h2-8,11-12H,10H2,1H3. The van der Waals surface area contributed by atoms with E-state index in [0.717, 1.165) is 29.5 Å². The third-order valence-corrected chi connectivity index (χ3v) is 4.63. The number of thioether (sulfide) groups is 1. The summed E-state index contributed by atoms with van der Waals surface area (Å²) >= 11 is 1.16. The summed E-state index contributed by atoms with van der Waals surface area (Å²) in [7, 11) is 1.55. The quantitative estimate of drug-likeness (QED) is 0.564. The van der Waals surface area contributed by atoms with Crippen molar-refractivity contribution in [2.24, 2.45) is 0 Å². The minimum Gasteiger partial charge on any atom is -0.497 e. The van der Waals surface area contributed by atoms with Crippen LogP contribution in [0.3, 0.4) is 0 Å². The molecule has 3 rings (SSSR count). The van der Waals surface area contributed by atoms with Gasteiger partial charge in [-0.05, 0) is 42.5 Å². The van der Waals surface area contributed by atoms with E-state index >= 15 is 0 Å². The van der Waals surface area contributed by atoms with E-state index in [4.69, 9.17) is 10.00 Å². The van der Waals surface area contributed by atoms with Gasteiger partial charge in [0, 0.05) is 11.3 Å². The SMILES string of the molecule is COc1ccc(-c2cnc(SCC#N)n2-c2cccc(C(F)(F)F)c2)cc1. The van der Waals surface area contributed by atoms with Crippen molar-refractivity contribution in [3.05, 3.63) is 60.3 Å². The van der Waals surface area contributed by atoms with Gasteiger partial charge in [0.05, 0.1) is 36.4 Å². The second kappa shape index (κ2) is 7.76. The molecule has 1 aromatic heterocycles. The molecule has 4 nitrogen and oxygen atoms in total. The van der Waals surface area contributed by atoms with E-state index in [1.54, 1.807) is 48.2 Å². The summed E-state index contributed by atoms with van der Waals surface area (Å²) in [6, 6.07) is 14.2. The van der Waals surface area contributed by atoms with E-state index in [0.29, 0.717) is 22.3 Å².